The Morgan fingerprint density at radius 2 is 1.77 bits per heavy atom. The van der Waals surface area contributed by atoms with Crippen molar-refractivity contribution in [1.82, 2.24) is 10.2 Å². The molecular weight excluding hydrogens is 278 g/mol. The topological polar surface area (TPSA) is 78.0 Å². The Kier molecular flexibility index (Phi) is 3.98. The van der Waals surface area contributed by atoms with Crippen LogP contribution >= 0.6 is 0 Å². The standard InChI is InChI=1S/C17H15N3O2/c21-16(13-4-2-1-3-5-13)17(22)19-14-8-6-12(7-9-14)15-10-11-18-20-15/h1-11,16,21H,(H,18,20)(H,19,22). The van der Waals surface area contributed by atoms with Crippen LogP contribution < -0.4 is 5.32 Å². The number of aliphatic hydroxyl groups is 1. The summed E-state index contributed by atoms with van der Waals surface area (Å²) in [6.07, 6.45) is 0.495. The molecule has 0 aliphatic rings. The first-order valence-corrected chi connectivity index (χ1v) is 6.88. The van der Waals surface area contributed by atoms with Crippen molar-refractivity contribution < 1.29 is 9.90 Å². The highest BCUT2D eigenvalue weighted by atomic mass is 16.3. The van der Waals surface area contributed by atoms with Crippen LogP contribution in [0.4, 0.5) is 5.69 Å². The fraction of sp³-hybridized carbons (Fsp3) is 0.0588. The van der Waals surface area contributed by atoms with E-state index in [-0.39, 0.29) is 0 Å². The summed E-state index contributed by atoms with van der Waals surface area (Å²) < 4.78 is 0. The maximum atomic E-state index is 12.0. The van der Waals surface area contributed by atoms with Crippen LogP contribution in [0.15, 0.2) is 66.9 Å². The lowest BCUT2D eigenvalue weighted by molar-refractivity contribution is -0.124. The minimum absolute atomic E-state index is 0.458. The molecule has 3 rings (SSSR count). The zero-order chi connectivity index (χ0) is 15.4. The average molecular weight is 293 g/mol. The number of rotatable bonds is 4. The summed E-state index contributed by atoms with van der Waals surface area (Å²) in [6, 6.07) is 18.0. The molecule has 5 heteroatoms. The summed E-state index contributed by atoms with van der Waals surface area (Å²) >= 11 is 0. The smallest absolute Gasteiger partial charge is 0.257 e. The second-order valence-corrected chi connectivity index (χ2v) is 4.85. The maximum Gasteiger partial charge on any atom is 0.257 e. The number of nitrogens with zero attached hydrogens (tertiary/aromatic N) is 1. The predicted molar refractivity (Wildman–Crippen MR) is 84.1 cm³/mol. The van der Waals surface area contributed by atoms with Crippen LogP contribution in [-0.4, -0.2) is 21.2 Å². The molecule has 0 spiro atoms. The Morgan fingerprint density at radius 1 is 1.05 bits per heavy atom. The summed E-state index contributed by atoms with van der Waals surface area (Å²) in [6.45, 7) is 0. The molecule has 0 saturated heterocycles. The van der Waals surface area contributed by atoms with Crippen LogP contribution in [0, 0.1) is 0 Å². The molecule has 0 saturated carbocycles. The van der Waals surface area contributed by atoms with Crippen molar-refractivity contribution in [3.8, 4) is 11.3 Å². The average Bonchev–Trinajstić information content (AvgIpc) is 3.10. The molecule has 2 aromatic carbocycles. The van der Waals surface area contributed by atoms with E-state index in [0.29, 0.717) is 11.3 Å². The van der Waals surface area contributed by atoms with Gasteiger partial charge in [0.25, 0.3) is 5.91 Å². The third kappa shape index (κ3) is 3.05. The van der Waals surface area contributed by atoms with E-state index in [4.69, 9.17) is 0 Å². The van der Waals surface area contributed by atoms with Gasteiger partial charge in [-0.25, -0.2) is 0 Å². The second kappa shape index (κ2) is 6.24. The van der Waals surface area contributed by atoms with Gasteiger partial charge in [0, 0.05) is 11.9 Å². The molecule has 1 atom stereocenters. The zero-order valence-corrected chi connectivity index (χ0v) is 11.7. The number of H-pyrrole nitrogens is 1. The Morgan fingerprint density at radius 3 is 2.41 bits per heavy atom. The first kappa shape index (κ1) is 14.0. The van der Waals surface area contributed by atoms with E-state index >= 15 is 0 Å². The lowest BCUT2D eigenvalue weighted by Gasteiger charge is -2.12. The molecule has 1 unspecified atom stereocenters. The number of hydrogen-bond donors (Lipinski definition) is 3. The van der Waals surface area contributed by atoms with Gasteiger partial charge in [-0.15, -0.1) is 0 Å². The Balaban J connectivity index is 1.69. The van der Waals surface area contributed by atoms with Crippen LogP contribution in [0.2, 0.25) is 0 Å². The van der Waals surface area contributed by atoms with Gasteiger partial charge in [-0.3, -0.25) is 9.89 Å². The quantitative estimate of drug-likeness (QED) is 0.692. The zero-order valence-electron chi connectivity index (χ0n) is 11.7. The summed E-state index contributed by atoms with van der Waals surface area (Å²) in [7, 11) is 0. The van der Waals surface area contributed by atoms with Crippen molar-refractivity contribution in [2.75, 3.05) is 5.32 Å². The van der Waals surface area contributed by atoms with E-state index in [1.807, 2.05) is 24.3 Å². The van der Waals surface area contributed by atoms with Crippen LogP contribution in [0.25, 0.3) is 11.3 Å². The molecule has 0 aliphatic carbocycles. The van der Waals surface area contributed by atoms with Crippen LogP contribution in [-0.2, 0) is 4.79 Å². The highest BCUT2D eigenvalue weighted by Crippen LogP contribution is 2.20. The number of amides is 1. The largest absolute Gasteiger partial charge is 0.378 e. The fourth-order valence-electron chi connectivity index (χ4n) is 2.15. The second-order valence-electron chi connectivity index (χ2n) is 4.85. The van der Waals surface area contributed by atoms with Crippen LogP contribution in [0.3, 0.4) is 0 Å². The summed E-state index contributed by atoms with van der Waals surface area (Å²) in [4.78, 5) is 12.0. The molecule has 3 aromatic rings. The first-order chi connectivity index (χ1) is 10.7. The number of carbonyl (C=O) groups excluding carboxylic acids is 1. The highest BCUT2D eigenvalue weighted by Gasteiger charge is 2.16. The van der Waals surface area contributed by atoms with E-state index in [1.54, 1.807) is 42.6 Å². The summed E-state index contributed by atoms with van der Waals surface area (Å²) in [5, 5.41) is 19.5. The molecule has 0 fully saturated rings. The molecule has 1 heterocycles. The van der Waals surface area contributed by atoms with Crippen LogP contribution in [0.1, 0.15) is 11.7 Å². The Labute approximate surface area is 127 Å². The molecule has 0 aliphatic heterocycles. The normalized spacial score (nSPS) is 11.9. The number of nitrogens with one attached hydrogen (secondary N) is 2. The molecule has 3 N–H and O–H groups in total. The Hall–Kier alpha value is -2.92. The summed E-state index contributed by atoms with van der Waals surface area (Å²) in [5.41, 5.74) is 3.07. The van der Waals surface area contributed by atoms with E-state index in [0.717, 1.165) is 11.3 Å². The van der Waals surface area contributed by atoms with Gasteiger partial charge in [0.2, 0.25) is 0 Å². The number of aliphatic hydroxyl groups excluding tert-OH is 1. The monoisotopic (exact) mass is 293 g/mol. The SMILES string of the molecule is O=C(Nc1ccc(-c2ccn[nH]2)cc1)C(O)c1ccccc1. The number of anilines is 1. The van der Waals surface area contributed by atoms with Crippen molar-refractivity contribution in [3.05, 3.63) is 72.4 Å². The molecule has 1 aromatic heterocycles. The highest BCUT2D eigenvalue weighted by molar-refractivity contribution is 5.94. The molecule has 0 radical (unpaired) electrons. The molecule has 1 amide bonds. The lowest BCUT2D eigenvalue weighted by Crippen LogP contribution is -2.20. The van der Waals surface area contributed by atoms with Crippen molar-refractivity contribution in [2.24, 2.45) is 0 Å². The fourth-order valence-corrected chi connectivity index (χ4v) is 2.15. The van der Waals surface area contributed by atoms with Gasteiger partial charge in [0.15, 0.2) is 6.10 Å². The van der Waals surface area contributed by atoms with Crippen molar-refractivity contribution >= 4 is 11.6 Å². The molecule has 22 heavy (non-hydrogen) atoms. The molecular formula is C17H15N3O2. The number of carbonyl (C=O) groups is 1. The first-order valence-electron chi connectivity index (χ1n) is 6.88. The third-order valence-electron chi connectivity index (χ3n) is 3.33. The van der Waals surface area contributed by atoms with Crippen molar-refractivity contribution in [2.45, 2.75) is 6.10 Å². The minimum Gasteiger partial charge on any atom is -0.378 e. The molecule has 0 bridgehead atoms. The summed E-state index contributed by atoms with van der Waals surface area (Å²) in [5.74, 6) is -0.458. The van der Waals surface area contributed by atoms with Gasteiger partial charge in [-0.2, -0.15) is 5.10 Å². The number of benzene rings is 2. The lowest BCUT2D eigenvalue weighted by atomic mass is 10.1. The van der Waals surface area contributed by atoms with E-state index in [2.05, 4.69) is 15.5 Å². The molecule has 5 nitrogen and oxygen atoms in total. The molecule has 110 valence electrons. The van der Waals surface area contributed by atoms with Crippen LogP contribution in [0.5, 0.6) is 0 Å². The van der Waals surface area contributed by atoms with E-state index < -0.39 is 12.0 Å². The van der Waals surface area contributed by atoms with E-state index in [9.17, 15) is 9.90 Å². The van der Waals surface area contributed by atoms with Crippen molar-refractivity contribution in [3.63, 3.8) is 0 Å². The van der Waals surface area contributed by atoms with Gasteiger partial charge < -0.3 is 10.4 Å². The number of aromatic amines is 1. The number of hydrogen-bond acceptors (Lipinski definition) is 3. The third-order valence-corrected chi connectivity index (χ3v) is 3.33. The van der Waals surface area contributed by atoms with Gasteiger partial charge in [0.1, 0.15) is 0 Å². The van der Waals surface area contributed by atoms with Gasteiger partial charge in [0.05, 0.1) is 5.69 Å². The number of aromatic nitrogens is 2. The van der Waals surface area contributed by atoms with Gasteiger partial charge in [-0.05, 0) is 29.3 Å². The van der Waals surface area contributed by atoms with Gasteiger partial charge >= 0.3 is 0 Å². The minimum atomic E-state index is -1.19. The van der Waals surface area contributed by atoms with Crippen molar-refractivity contribution in [1.29, 1.82) is 0 Å². The van der Waals surface area contributed by atoms with E-state index in [1.165, 1.54) is 0 Å². The maximum absolute atomic E-state index is 12.0. The van der Waals surface area contributed by atoms with Gasteiger partial charge in [-0.1, -0.05) is 42.5 Å². The predicted octanol–water partition coefficient (Wildman–Crippen LogP) is 2.75. The Bertz CT molecular complexity index is 737.